The molecule has 0 fully saturated rings. The maximum Gasteiger partial charge on any atom is 0.259 e. The molecule has 0 aliphatic carbocycles. The SMILES string of the molecule is CCc1c(C(=O)Nc2ccc(NC(=O)c3ccccc3)nc2)cnn1C. The Hall–Kier alpha value is -3.48. The number of aryl methyl sites for hydroxylation is 1. The Morgan fingerprint density at radius 2 is 1.77 bits per heavy atom. The summed E-state index contributed by atoms with van der Waals surface area (Å²) in [5, 5.41) is 9.63. The van der Waals surface area contributed by atoms with Crippen molar-refractivity contribution in [3.8, 4) is 0 Å². The van der Waals surface area contributed by atoms with E-state index >= 15 is 0 Å². The Labute approximate surface area is 151 Å². The number of hydrogen-bond acceptors (Lipinski definition) is 4. The molecule has 0 unspecified atom stereocenters. The van der Waals surface area contributed by atoms with Crippen LogP contribution >= 0.6 is 0 Å². The number of carbonyl (C=O) groups is 2. The van der Waals surface area contributed by atoms with Gasteiger partial charge in [0.15, 0.2) is 0 Å². The highest BCUT2D eigenvalue weighted by atomic mass is 16.2. The maximum atomic E-state index is 12.4. The first-order chi connectivity index (χ1) is 12.6. The van der Waals surface area contributed by atoms with Crippen LogP contribution in [0.3, 0.4) is 0 Å². The number of carbonyl (C=O) groups excluding carboxylic acids is 2. The second-order valence-corrected chi connectivity index (χ2v) is 5.69. The first-order valence-electron chi connectivity index (χ1n) is 8.23. The van der Waals surface area contributed by atoms with Crippen LogP contribution < -0.4 is 10.6 Å². The van der Waals surface area contributed by atoms with Crippen molar-refractivity contribution in [3.05, 3.63) is 71.7 Å². The molecule has 0 aliphatic heterocycles. The number of hydrogen-bond donors (Lipinski definition) is 2. The van der Waals surface area contributed by atoms with Crippen molar-refractivity contribution < 1.29 is 9.59 Å². The molecule has 1 aromatic carbocycles. The highest BCUT2D eigenvalue weighted by Gasteiger charge is 2.15. The number of nitrogens with one attached hydrogen (secondary N) is 2. The molecule has 7 nitrogen and oxygen atoms in total. The molecule has 7 heteroatoms. The van der Waals surface area contributed by atoms with Gasteiger partial charge in [-0.2, -0.15) is 5.10 Å². The second-order valence-electron chi connectivity index (χ2n) is 5.69. The monoisotopic (exact) mass is 349 g/mol. The second kappa shape index (κ2) is 7.60. The van der Waals surface area contributed by atoms with Crippen molar-refractivity contribution in [2.75, 3.05) is 10.6 Å². The molecule has 2 amide bonds. The van der Waals surface area contributed by atoms with Crippen LogP contribution in [0.2, 0.25) is 0 Å². The summed E-state index contributed by atoms with van der Waals surface area (Å²) in [6, 6.07) is 12.2. The predicted octanol–water partition coefficient (Wildman–Crippen LogP) is 2.88. The third kappa shape index (κ3) is 3.77. The molecule has 0 aliphatic rings. The molecule has 0 radical (unpaired) electrons. The van der Waals surface area contributed by atoms with Crippen molar-refractivity contribution in [1.29, 1.82) is 0 Å². The van der Waals surface area contributed by atoms with Crippen molar-refractivity contribution in [2.45, 2.75) is 13.3 Å². The standard InChI is InChI=1S/C19H19N5O2/c1-3-16-15(12-21-24(16)2)19(26)22-14-9-10-17(20-11-14)23-18(25)13-7-5-4-6-8-13/h4-12H,3H2,1-2H3,(H,22,26)(H,20,23,25). The topological polar surface area (TPSA) is 88.9 Å². The Kier molecular flexibility index (Phi) is 5.07. The Morgan fingerprint density at radius 1 is 1.00 bits per heavy atom. The molecule has 2 heterocycles. The fourth-order valence-corrected chi connectivity index (χ4v) is 2.59. The van der Waals surface area contributed by atoms with E-state index in [1.54, 1.807) is 54.3 Å². The van der Waals surface area contributed by atoms with Gasteiger partial charge in [-0.15, -0.1) is 0 Å². The summed E-state index contributed by atoms with van der Waals surface area (Å²) in [7, 11) is 1.81. The molecule has 132 valence electrons. The van der Waals surface area contributed by atoms with Gasteiger partial charge in [-0.1, -0.05) is 25.1 Å². The lowest BCUT2D eigenvalue weighted by Gasteiger charge is -2.08. The molecule has 0 saturated carbocycles. The van der Waals surface area contributed by atoms with E-state index in [0.29, 0.717) is 29.1 Å². The van der Waals surface area contributed by atoms with Crippen molar-refractivity contribution in [2.24, 2.45) is 7.05 Å². The van der Waals surface area contributed by atoms with E-state index < -0.39 is 0 Å². The molecule has 2 N–H and O–H groups in total. The van der Waals surface area contributed by atoms with Gasteiger partial charge < -0.3 is 10.6 Å². The van der Waals surface area contributed by atoms with Crippen LogP contribution in [0.1, 0.15) is 33.3 Å². The van der Waals surface area contributed by atoms with Crippen LogP contribution in [0.15, 0.2) is 54.9 Å². The van der Waals surface area contributed by atoms with E-state index in [0.717, 1.165) is 5.69 Å². The highest BCUT2D eigenvalue weighted by Crippen LogP contribution is 2.14. The summed E-state index contributed by atoms with van der Waals surface area (Å²) < 4.78 is 1.69. The number of anilines is 2. The molecule has 0 saturated heterocycles. The predicted molar refractivity (Wildman–Crippen MR) is 99.2 cm³/mol. The van der Waals surface area contributed by atoms with Gasteiger partial charge in [0.25, 0.3) is 11.8 Å². The van der Waals surface area contributed by atoms with Crippen LogP contribution in [0.25, 0.3) is 0 Å². The summed E-state index contributed by atoms with van der Waals surface area (Å²) in [6.45, 7) is 1.97. The van der Waals surface area contributed by atoms with E-state index in [9.17, 15) is 9.59 Å². The van der Waals surface area contributed by atoms with E-state index in [4.69, 9.17) is 0 Å². The zero-order valence-electron chi connectivity index (χ0n) is 14.6. The van der Waals surface area contributed by atoms with Crippen molar-refractivity contribution in [1.82, 2.24) is 14.8 Å². The highest BCUT2D eigenvalue weighted by molar-refractivity contribution is 6.05. The summed E-state index contributed by atoms with van der Waals surface area (Å²) in [5.74, 6) is -0.0665. The molecule has 3 rings (SSSR count). The van der Waals surface area contributed by atoms with Gasteiger partial charge >= 0.3 is 0 Å². The largest absolute Gasteiger partial charge is 0.320 e. The number of pyridine rings is 1. The lowest BCUT2D eigenvalue weighted by Crippen LogP contribution is -2.15. The zero-order valence-corrected chi connectivity index (χ0v) is 14.6. The Morgan fingerprint density at radius 3 is 2.42 bits per heavy atom. The molecule has 26 heavy (non-hydrogen) atoms. The van der Waals surface area contributed by atoms with Gasteiger partial charge in [0.1, 0.15) is 5.82 Å². The van der Waals surface area contributed by atoms with Gasteiger partial charge in [0, 0.05) is 12.6 Å². The minimum Gasteiger partial charge on any atom is -0.320 e. The van der Waals surface area contributed by atoms with E-state index in [2.05, 4.69) is 20.7 Å². The fraction of sp³-hybridized carbons (Fsp3) is 0.158. The zero-order chi connectivity index (χ0) is 18.5. The van der Waals surface area contributed by atoms with Crippen molar-refractivity contribution >= 4 is 23.3 Å². The summed E-state index contributed by atoms with van der Waals surface area (Å²) in [6.07, 6.45) is 3.76. The third-order valence-corrected chi connectivity index (χ3v) is 3.94. The number of nitrogens with zero attached hydrogens (tertiary/aromatic N) is 3. The van der Waals surface area contributed by atoms with Crippen molar-refractivity contribution in [3.63, 3.8) is 0 Å². The van der Waals surface area contributed by atoms with E-state index in [1.807, 2.05) is 13.0 Å². The minimum absolute atomic E-state index is 0.238. The quantitative estimate of drug-likeness (QED) is 0.741. The fourth-order valence-electron chi connectivity index (χ4n) is 2.59. The van der Waals surface area contributed by atoms with Crippen LogP contribution in [-0.2, 0) is 13.5 Å². The normalized spacial score (nSPS) is 10.4. The molecule has 0 spiro atoms. The van der Waals surface area contributed by atoms with Gasteiger partial charge in [0.05, 0.1) is 29.3 Å². The number of rotatable bonds is 5. The van der Waals surface area contributed by atoms with Gasteiger partial charge in [0.2, 0.25) is 0 Å². The van der Waals surface area contributed by atoms with Crippen LogP contribution in [0.4, 0.5) is 11.5 Å². The molecule has 0 bridgehead atoms. The Balaban J connectivity index is 1.66. The average molecular weight is 349 g/mol. The molecule has 2 aromatic heterocycles. The van der Waals surface area contributed by atoms with Gasteiger partial charge in [-0.05, 0) is 30.7 Å². The van der Waals surface area contributed by atoms with E-state index in [1.165, 1.54) is 6.20 Å². The minimum atomic E-state index is -0.238. The lowest BCUT2D eigenvalue weighted by atomic mass is 10.2. The summed E-state index contributed by atoms with van der Waals surface area (Å²) >= 11 is 0. The molecule has 3 aromatic rings. The molecular formula is C19H19N5O2. The number of amides is 2. The third-order valence-electron chi connectivity index (χ3n) is 3.94. The maximum absolute atomic E-state index is 12.4. The number of aromatic nitrogens is 3. The van der Waals surface area contributed by atoms with E-state index in [-0.39, 0.29) is 11.8 Å². The first-order valence-corrected chi connectivity index (χ1v) is 8.23. The number of benzene rings is 1. The van der Waals surface area contributed by atoms with Crippen LogP contribution in [0, 0.1) is 0 Å². The average Bonchev–Trinajstić information content (AvgIpc) is 3.04. The lowest BCUT2D eigenvalue weighted by molar-refractivity contribution is 0.101. The first kappa shape index (κ1) is 17.3. The summed E-state index contributed by atoms with van der Waals surface area (Å²) in [4.78, 5) is 28.7. The Bertz CT molecular complexity index is 917. The van der Waals surface area contributed by atoms with Gasteiger partial charge in [-0.3, -0.25) is 14.3 Å². The molecular weight excluding hydrogens is 330 g/mol. The van der Waals surface area contributed by atoms with Gasteiger partial charge in [-0.25, -0.2) is 4.98 Å². The smallest absolute Gasteiger partial charge is 0.259 e. The molecule has 0 atom stereocenters. The van der Waals surface area contributed by atoms with Crippen LogP contribution in [-0.4, -0.2) is 26.6 Å². The summed E-state index contributed by atoms with van der Waals surface area (Å²) in [5.41, 5.74) is 2.49. The van der Waals surface area contributed by atoms with Crippen LogP contribution in [0.5, 0.6) is 0 Å².